The van der Waals surface area contributed by atoms with Crippen molar-refractivity contribution < 1.29 is 24.2 Å². The minimum absolute atomic E-state index is 0.000101. The Bertz CT molecular complexity index is 976. The number of alkyl carbamates (subject to hydrolysis) is 1. The van der Waals surface area contributed by atoms with E-state index in [9.17, 15) is 14.4 Å². The van der Waals surface area contributed by atoms with Gasteiger partial charge in [-0.15, -0.1) is 0 Å². The Morgan fingerprint density at radius 1 is 1.00 bits per heavy atom. The van der Waals surface area contributed by atoms with Crippen molar-refractivity contribution >= 4 is 18.0 Å². The molecular weight excluding hydrogens is 420 g/mol. The summed E-state index contributed by atoms with van der Waals surface area (Å²) < 4.78 is 5.52. The highest BCUT2D eigenvalue weighted by atomic mass is 16.5. The third-order valence-electron chi connectivity index (χ3n) is 6.54. The third kappa shape index (κ3) is 5.35. The summed E-state index contributed by atoms with van der Waals surface area (Å²) in [6.45, 7) is 1.34. The molecule has 33 heavy (non-hydrogen) atoms. The van der Waals surface area contributed by atoms with E-state index in [1.807, 2.05) is 24.3 Å². The maximum absolute atomic E-state index is 12.4. The van der Waals surface area contributed by atoms with E-state index < -0.39 is 12.1 Å². The summed E-state index contributed by atoms with van der Waals surface area (Å²) in [5, 5.41) is 11.8. The van der Waals surface area contributed by atoms with Gasteiger partial charge in [0.2, 0.25) is 5.91 Å². The van der Waals surface area contributed by atoms with Gasteiger partial charge in [-0.3, -0.25) is 9.59 Å². The molecule has 7 heteroatoms. The van der Waals surface area contributed by atoms with Gasteiger partial charge in [-0.05, 0) is 47.9 Å². The highest BCUT2D eigenvalue weighted by molar-refractivity contribution is 5.79. The molecule has 0 saturated carbocycles. The standard InChI is InChI=1S/C26H30N2O5/c29-24(28-15-7-8-18(28)16-25(30)31)13-5-6-14-27-26(32)33-17-23-21-11-3-1-9-19(21)20-10-2-4-12-22(20)23/h1-4,9-12,18,23H,5-8,13-17H2,(H,27,32)(H,30,31)/t18-/m0/s1. The fraction of sp³-hybridized carbons (Fsp3) is 0.423. The topological polar surface area (TPSA) is 95.9 Å². The first-order chi connectivity index (χ1) is 16.0. The van der Waals surface area contributed by atoms with Crippen molar-refractivity contribution in [3.8, 4) is 11.1 Å². The van der Waals surface area contributed by atoms with Gasteiger partial charge in [-0.1, -0.05) is 48.5 Å². The predicted octanol–water partition coefficient (Wildman–Crippen LogP) is 4.16. The second-order valence-electron chi connectivity index (χ2n) is 8.69. The van der Waals surface area contributed by atoms with Crippen LogP contribution in [0.3, 0.4) is 0 Å². The lowest BCUT2D eigenvalue weighted by atomic mass is 9.98. The van der Waals surface area contributed by atoms with E-state index >= 15 is 0 Å². The van der Waals surface area contributed by atoms with Gasteiger partial charge in [0.15, 0.2) is 0 Å². The minimum atomic E-state index is -0.869. The van der Waals surface area contributed by atoms with Crippen LogP contribution in [0.15, 0.2) is 48.5 Å². The number of benzene rings is 2. The second kappa shape index (κ2) is 10.5. The molecule has 4 rings (SSSR count). The Labute approximate surface area is 193 Å². The van der Waals surface area contributed by atoms with Crippen LogP contribution in [0, 0.1) is 0 Å². The summed E-state index contributed by atoms with van der Waals surface area (Å²) in [6.07, 6.45) is 2.82. The number of unbranched alkanes of at least 4 members (excludes halogenated alkanes) is 1. The van der Waals surface area contributed by atoms with Crippen LogP contribution < -0.4 is 5.32 Å². The predicted molar refractivity (Wildman–Crippen MR) is 124 cm³/mol. The second-order valence-corrected chi connectivity index (χ2v) is 8.69. The zero-order valence-corrected chi connectivity index (χ0v) is 18.7. The van der Waals surface area contributed by atoms with E-state index in [4.69, 9.17) is 9.84 Å². The first-order valence-corrected chi connectivity index (χ1v) is 11.6. The molecule has 1 aliphatic heterocycles. The minimum Gasteiger partial charge on any atom is -0.481 e. The molecule has 1 heterocycles. The van der Waals surface area contributed by atoms with E-state index in [1.54, 1.807) is 4.90 Å². The summed E-state index contributed by atoms with van der Waals surface area (Å²) in [5.74, 6) is -0.841. The molecule has 2 aromatic rings. The van der Waals surface area contributed by atoms with Crippen molar-refractivity contribution in [3.63, 3.8) is 0 Å². The lowest BCUT2D eigenvalue weighted by Crippen LogP contribution is -2.36. The summed E-state index contributed by atoms with van der Waals surface area (Å²) >= 11 is 0. The van der Waals surface area contributed by atoms with Crippen LogP contribution in [0.25, 0.3) is 11.1 Å². The zero-order chi connectivity index (χ0) is 23.2. The summed E-state index contributed by atoms with van der Waals surface area (Å²) in [5.41, 5.74) is 4.73. The first kappa shape index (κ1) is 22.8. The summed E-state index contributed by atoms with van der Waals surface area (Å²) in [7, 11) is 0. The van der Waals surface area contributed by atoms with Gasteiger partial charge in [0.05, 0.1) is 6.42 Å². The number of nitrogens with one attached hydrogen (secondary N) is 1. The maximum Gasteiger partial charge on any atom is 0.407 e. The largest absolute Gasteiger partial charge is 0.481 e. The first-order valence-electron chi connectivity index (χ1n) is 11.6. The molecule has 1 atom stereocenters. The molecule has 0 unspecified atom stereocenters. The van der Waals surface area contributed by atoms with Gasteiger partial charge in [0.1, 0.15) is 6.61 Å². The average molecular weight is 451 g/mol. The van der Waals surface area contributed by atoms with E-state index in [-0.39, 0.29) is 30.9 Å². The molecule has 0 radical (unpaired) electrons. The Morgan fingerprint density at radius 3 is 2.33 bits per heavy atom. The van der Waals surface area contributed by atoms with Gasteiger partial charge >= 0.3 is 12.1 Å². The Hall–Kier alpha value is -3.35. The Kier molecular flexibility index (Phi) is 7.27. The quantitative estimate of drug-likeness (QED) is 0.559. The smallest absolute Gasteiger partial charge is 0.407 e. The van der Waals surface area contributed by atoms with Gasteiger partial charge in [-0.25, -0.2) is 4.79 Å². The number of aliphatic carboxylic acids is 1. The van der Waals surface area contributed by atoms with Gasteiger partial charge < -0.3 is 20.1 Å². The fourth-order valence-corrected chi connectivity index (χ4v) is 4.96. The van der Waals surface area contributed by atoms with Gasteiger partial charge in [0.25, 0.3) is 0 Å². The summed E-state index contributed by atoms with van der Waals surface area (Å²) in [6, 6.07) is 16.2. The van der Waals surface area contributed by atoms with Crippen LogP contribution in [-0.2, 0) is 14.3 Å². The molecule has 2 aromatic carbocycles. The van der Waals surface area contributed by atoms with Crippen LogP contribution >= 0.6 is 0 Å². The van der Waals surface area contributed by atoms with E-state index in [0.717, 1.165) is 12.8 Å². The molecule has 0 aromatic heterocycles. The van der Waals surface area contributed by atoms with Crippen LogP contribution in [-0.4, -0.2) is 53.7 Å². The average Bonchev–Trinajstić information content (AvgIpc) is 3.39. The van der Waals surface area contributed by atoms with Crippen LogP contribution in [0.5, 0.6) is 0 Å². The summed E-state index contributed by atoms with van der Waals surface area (Å²) in [4.78, 5) is 37.3. The lowest BCUT2D eigenvalue weighted by Gasteiger charge is -2.23. The van der Waals surface area contributed by atoms with Crippen LogP contribution in [0.2, 0.25) is 0 Å². The van der Waals surface area contributed by atoms with Crippen LogP contribution in [0.4, 0.5) is 4.79 Å². The molecule has 7 nitrogen and oxygen atoms in total. The number of nitrogens with zero attached hydrogens (tertiary/aromatic N) is 1. The number of rotatable bonds is 9. The van der Waals surface area contributed by atoms with Gasteiger partial charge in [-0.2, -0.15) is 0 Å². The number of hydrogen-bond donors (Lipinski definition) is 2. The Balaban J connectivity index is 1.17. The van der Waals surface area contributed by atoms with Crippen molar-refractivity contribution in [2.45, 2.75) is 50.5 Å². The van der Waals surface area contributed by atoms with E-state index in [1.165, 1.54) is 22.3 Å². The molecular formula is C26H30N2O5. The van der Waals surface area contributed by atoms with Crippen molar-refractivity contribution in [2.75, 3.05) is 19.7 Å². The number of amides is 2. The van der Waals surface area contributed by atoms with Crippen LogP contribution in [0.1, 0.15) is 55.6 Å². The number of ether oxygens (including phenoxy) is 1. The number of carbonyl (C=O) groups is 3. The Morgan fingerprint density at radius 2 is 1.67 bits per heavy atom. The molecule has 2 N–H and O–H groups in total. The fourth-order valence-electron chi connectivity index (χ4n) is 4.96. The normalized spacial score (nSPS) is 16.8. The molecule has 2 amide bonds. The van der Waals surface area contributed by atoms with E-state index in [0.29, 0.717) is 32.4 Å². The highest BCUT2D eigenvalue weighted by Crippen LogP contribution is 2.44. The SMILES string of the molecule is O=C(O)C[C@@H]1CCCN1C(=O)CCCCNC(=O)OCC1c2ccccc2-c2ccccc21. The molecule has 0 bridgehead atoms. The number of carboxylic acids is 1. The molecule has 0 spiro atoms. The molecule has 174 valence electrons. The van der Waals surface area contributed by atoms with Crippen molar-refractivity contribution in [1.82, 2.24) is 10.2 Å². The molecule has 1 aliphatic carbocycles. The maximum atomic E-state index is 12.4. The highest BCUT2D eigenvalue weighted by Gasteiger charge is 2.30. The number of fused-ring (bicyclic) bond motifs is 3. The lowest BCUT2D eigenvalue weighted by molar-refractivity contribution is -0.139. The molecule has 1 fully saturated rings. The monoisotopic (exact) mass is 450 g/mol. The molecule has 2 aliphatic rings. The van der Waals surface area contributed by atoms with E-state index in [2.05, 4.69) is 29.6 Å². The van der Waals surface area contributed by atoms with Gasteiger partial charge in [0, 0.05) is 31.5 Å². The number of carbonyl (C=O) groups excluding carboxylic acids is 2. The number of carboxylic acid groups (broad SMARTS) is 1. The number of hydrogen-bond acceptors (Lipinski definition) is 4. The van der Waals surface area contributed by atoms with Crippen molar-refractivity contribution in [1.29, 1.82) is 0 Å². The van der Waals surface area contributed by atoms with Crippen molar-refractivity contribution in [2.24, 2.45) is 0 Å². The zero-order valence-electron chi connectivity index (χ0n) is 18.7. The number of likely N-dealkylation sites (tertiary alicyclic amines) is 1. The van der Waals surface area contributed by atoms with Crippen molar-refractivity contribution in [3.05, 3.63) is 59.7 Å². The molecule has 1 saturated heterocycles. The third-order valence-corrected chi connectivity index (χ3v) is 6.54.